The van der Waals surface area contributed by atoms with Gasteiger partial charge >= 0.3 is 41.5 Å². The van der Waals surface area contributed by atoms with Crippen LogP contribution in [0.3, 0.4) is 0 Å². The summed E-state index contributed by atoms with van der Waals surface area (Å²) in [4.78, 5) is 125. The summed E-state index contributed by atoms with van der Waals surface area (Å²) in [6, 6.07) is 44.2. The van der Waals surface area contributed by atoms with E-state index in [9.17, 15) is 48.3 Å². The molecule has 7 aliphatic heterocycles. The van der Waals surface area contributed by atoms with Gasteiger partial charge in [0, 0.05) is 142 Å². The minimum absolute atomic E-state index is 0. The molecule has 0 bridgehead atoms. The van der Waals surface area contributed by atoms with E-state index >= 15 is 0 Å². The zero-order chi connectivity index (χ0) is 76.4. The zero-order valence-corrected chi connectivity index (χ0v) is 65.1. The van der Waals surface area contributed by atoms with Crippen molar-refractivity contribution in [3.63, 3.8) is 0 Å². The SMILES string of the molecule is C.C1CCOC1.CCOC(=O)c1cn(-c2ccc(OC)cc2)c2c1CCN(c1ccc(N3CCCCC3=O)cc1)C2=O.COc1ccc(-n2cc(C(=O)O)c3c2C(=O)N(c2ccc(N4CCCCC4=O)cc2)CC3)cc1.COc1ccc(-n2cc(C(N)=O)c3c2C(=O)N(c2ccc(N4CCCCC4=O)cc2)CC3)cc1.[Na+].[OH-]. The number of rotatable bonds is 16. The first-order valence-corrected chi connectivity index (χ1v) is 37.1. The third-order valence-electron chi connectivity index (χ3n) is 20.7. The summed E-state index contributed by atoms with van der Waals surface area (Å²) in [7, 11) is 4.76. The van der Waals surface area contributed by atoms with Gasteiger partial charge in [0.2, 0.25) is 17.7 Å². The molecule has 27 heteroatoms. The van der Waals surface area contributed by atoms with Crippen molar-refractivity contribution in [3.05, 3.63) is 215 Å². The Bertz CT molecular complexity index is 4670. The van der Waals surface area contributed by atoms with Crippen LogP contribution >= 0.6 is 0 Å². The number of ether oxygens (including phenoxy) is 5. The summed E-state index contributed by atoms with van der Waals surface area (Å²) in [6.45, 7) is 7.41. The van der Waals surface area contributed by atoms with Crippen LogP contribution in [0.25, 0.3) is 17.1 Å². The Labute approximate surface area is 672 Å². The second kappa shape index (κ2) is 37.6. The number of nitrogens with zero attached hydrogens (tertiary/aromatic N) is 9. The quantitative estimate of drug-likeness (QED) is 0.0671. The number of esters is 1. The van der Waals surface area contributed by atoms with Gasteiger partial charge in [-0.15, -0.1) is 0 Å². The van der Waals surface area contributed by atoms with Gasteiger partial charge in [-0.25, -0.2) is 9.59 Å². The predicted molar refractivity (Wildman–Crippen MR) is 421 cm³/mol. The number of carbonyl (C=O) groups is 9. The van der Waals surface area contributed by atoms with Gasteiger partial charge in [0.25, 0.3) is 23.6 Å². The summed E-state index contributed by atoms with van der Waals surface area (Å²) in [5.74, 6) is -0.239. The Morgan fingerprint density at radius 1 is 0.384 bits per heavy atom. The number of anilines is 6. The number of hydrogen-bond donors (Lipinski definition) is 2. The number of carbonyl (C=O) groups excluding carboxylic acids is 8. The Balaban J connectivity index is 0.000000170. The maximum Gasteiger partial charge on any atom is 1.00 e. The fourth-order valence-electron chi connectivity index (χ4n) is 15.0. The van der Waals surface area contributed by atoms with Gasteiger partial charge in [-0.3, -0.25) is 33.6 Å². The van der Waals surface area contributed by atoms with Crippen LogP contribution < -0.4 is 78.9 Å². The van der Waals surface area contributed by atoms with Crippen LogP contribution in [0.5, 0.6) is 17.2 Å². The molecule has 0 unspecified atom stereocenters. The van der Waals surface area contributed by atoms with E-state index in [0.717, 1.165) is 105 Å². The van der Waals surface area contributed by atoms with E-state index in [2.05, 4.69) is 0 Å². The van der Waals surface area contributed by atoms with E-state index in [-0.39, 0.29) is 90.1 Å². The van der Waals surface area contributed by atoms with E-state index < -0.39 is 17.8 Å². The second-order valence-electron chi connectivity index (χ2n) is 27.2. The Kier molecular flexibility index (Phi) is 27.9. The van der Waals surface area contributed by atoms with Crippen LogP contribution in [0.4, 0.5) is 34.1 Å². The Morgan fingerprint density at radius 3 is 0.929 bits per heavy atom. The number of benzene rings is 6. The molecule has 0 saturated carbocycles. The molecule has 0 atom stereocenters. The molecule has 10 heterocycles. The van der Waals surface area contributed by atoms with Crippen molar-refractivity contribution in [1.29, 1.82) is 0 Å². The fraction of sp³-hybridized carbons (Fsp3) is 0.329. The van der Waals surface area contributed by atoms with E-state index in [4.69, 9.17) is 29.4 Å². The van der Waals surface area contributed by atoms with Crippen molar-refractivity contribution in [2.75, 3.05) is 110 Å². The Hall–Kier alpha value is -11.3. The maximum atomic E-state index is 13.8. The third-order valence-corrected chi connectivity index (χ3v) is 20.7. The summed E-state index contributed by atoms with van der Waals surface area (Å²) in [6.07, 6.45) is 16.3. The molecule has 16 rings (SSSR count). The Morgan fingerprint density at radius 2 is 0.661 bits per heavy atom. The van der Waals surface area contributed by atoms with Crippen LogP contribution in [0, 0.1) is 0 Å². The van der Waals surface area contributed by atoms with Crippen LogP contribution in [0.15, 0.2) is 164 Å². The smallest absolute Gasteiger partial charge is 0.870 e. The van der Waals surface area contributed by atoms with E-state index in [1.165, 1.54) is 19.0 Å². The summed E-state index contributed by atoms with van der Waals surface area (Å²) in [5.41, 5.74) is 16.6. The van der Waals surface area contributed by atoms with E-state index in [1.54, 1.807) is 115 Å². The molecule has 7 aliphatic rings. The standard InChI is InChI=1S/C28H29N3O5.C26H26N4O4.C26H25N3O5.C4H8O.CH4.Na.H2O/c1-3-36-28(34)24-18-31(21-11-13-22(35-2)14-12-21)26-23(24)15-17-30(27(26)33)20-9-7-19(8-10-20)29-16-5-4-6-25(29)32;1-34-20-11-9-19(10-12-20)30-16-22(25(27)32)21-13-15-29(26(33)24(21)30)18-7-5-17(6-8-18)28-14-3-2-4-23(28)31;1-34-20-11-9-19(10-12-20)29-16-22(26(32)33)21-13-15-28(25(31)24(21)29)18-7-5-17(6-8-18)27-14-3-2-4-23(27)30;1-2-4-5-3-1;;;/h7-14,18H,3-6,15-17H2,1-2H3;5-12,16H,2-4,13-15H2,1H3,(H2,27,32);5-12,16H,2-4,13-15H2,1H3,(H,32,33);1-4H2;1H4;;1H2/q;;;;;+1;/p-1. The number of piperidine rings is 3. The molecule has 26 nitrogen and oxygen atoms in total. The molecular formula is C85H93N10NaO16. The summed E-state index contributed by atoms with van der Waals surface area (Å²) in [5, 5.41) is 9.74. The fourth-order valence-corrected chi connectivity index (χ4v) is 15.0. The molecule has 4 N–H and O–H groups in total. The molecule has 112 heavy (non-hydrogen) atoms. The maximum absolute atomic E-state index is 13.8. The number of amides is 7. The monoisotopic (exact) mass is 1530 g/mol. The number of carboxylic acid groups (broad SMARTS) is 1. The van der Waals surface area contributed by atoms with Crippen molar-refractivity contribution in [2.24, 2.45) is 5.73 Å². The predicted octanol–water partition coefficient (Wildman–Crippen LogP) is 9.85. The largest absolute Gasteiger partial charge is 1.00 e. The number of hydrogen-bond acceptors (Lipinski definition) is 15. The third kappa shape index (κ3) is 17.7. The van der Waals surface area contributed by atoms with Gasteiger partial charge in [-0.2, -0.15) is 0 Å². The molecule has 3 aromatic heterocycles. The average molecular weight is 1530 g/mol. The van der Waals surface area contributed by atoms with Crippen LogP contribution in [-0.2, 0) is 43.1 Å². The first-order valence-electron chi connectivity index (χ1n) is 37.1. The number of methoxy groups -OCH3 is 3. The van der Waals surface area contributed by atoms with Gasteiger partial charge in [0.15, 0.2) is 0 Å². The van der Waals surface area contributed by atoms with Gasteiger partial charge in [-0.1, -0.05) is 7.43 Å². The molecule has 0 radical (unpaired) electrons. The number of nitrogens with two attached hydrogens (primary N) is 1. The summed E-state index contributed by atoms with van der Waals surface area (Å²) < 4.78 is 31.1. The number of fused-ring (bicyclic) bond motifs is 3. The number of primary amides is 1. The molecular weight excluding hydrogens is 1440 g/mol. The van der Waals surface area contributed by atoms with E-state index in [0.29, 0.717) is 138 Å². The first-order chi connectivity index (χ1) is 53.0. The molecule has 6 aromatic carbocycles. The van der Waals surface area contributed by atoms with Crippen molar-refractivity contribution >= 4 is 87.4 Å². The topological polar surface area (TPSA) is 310 Å². The van der Waals surface area contributed by atoms with Gasteiger partial charge in [0.1, 0.15) is 34.3 Å². The molecule has 4 saturated heterocycles. The van der Waals surface area contributed by atoms with E-state index in [1.807, 2.05) is 114 Å². The molecule has 0 aliphatic carbocycles. The molecule has 580 valence electrons. The van der Waals surface area contributed by atoms with Crippen LogP contribution in [-0.4, -0.2) is 158 Å². The van der Waals surface area contributed by atoms with Crippen LogP contribution in [0.2, 0.25) is 0 Å². The first kappa shape index (κ1) is 83.2. The number of carboxylic acids is 1. The van der Waals surface area contributed by atoms with Crippen molar-refractivity contribution < 1.29 is 107 Å². The molecule has 7 amide bonds. The zero-order valence-electron chi connectivity index (χ0n) is 63.1. The minimum atomic E-state index is -1.06. The minimum Gasteiger partial charge on any atom is -0.870 e. The van der Waals surface area contributed by atoms with Crippen molar-refractivity contribution in [2.45, 2.75) is 104 Å². The number of aromatic nitrogens is 3. The van der Waals surface area contributed by atoms with Gasteiger partial charge in [0.05, 0.1) is 44.6 Å². The summed E-state index contributed by atoms with van der Waals surface area (Å²) >= 11 is 0. The van der Waals surface area contributed by atoms with Crippen LogP contribution in [0.1, 0.15) is 164 Å². The molecule has 4 fully saturated rings. The van der Waals surface area contributed by atoms with Crippen molar-refractivity contribution in [1.82, 2.24) is 13.7 Å². The average Bonchev–Trinajstić information content (AvgIpc) is 1.61. The normalized spacial score (nSPS) is 15.8. The van der Waals surface area contributed by atoms with Gasteiger partial charge < -0.3 is 83.1 Å². The number of aromatic carboxylic acids is 1. The van der Waals surface area contributed by atoms with Gasteiger partial charge in [-0.05, 0) is 240 Å². The van der Waals surface area contributed by atoms with Crippen molar-refractivity contribution in [3.8, 4) is 34.3 Å². The molecule has 9 aromatic rings. The second-order valence-corrected chi connectivity index (χ2v) is 27.2. The molecule has 0 spiro atoms.